The number of hydrogen-bond acceptors (Lipinski definition) is 4. The van der Waals surface area contributed by atoms with Crippen LogP contribution in [-0.4, -0.2) is 14.8 Å². The average Bonchev–Trinajstić information content (AvgIpc) is 2.81. The van der Waals surface area contributed by atoms with E-state index < -0.39 is 0 Å². The van der Waals surface area contributed by atoms with Crippen LogP contribution in [0.25, 0.3) is 0 Å². The van der Waals surface area contributed by atoms with E-state index >= 15 is 0 Å². The first-order valence-electron chi connectivity index (χ1n) is 6.02. The van der Waals surface area contributed by atoms with Gasteiger partial charge in [-0.15, -0.1) is 10.2 Å². The summed E-state index contributed by atoms with van der Waals surface area (Å²) in [6.07, 6.45) is 2.58. The molecule has 0 spiro atoms. The van der Waals surface area contributed by atoms with Gasteiger partial charge in [-0.1, -0.05) is 19.1 Å². The van der Waals surface area contributed by atoms with Crippen molar-refractivity contribution in [2.75, 3.05) is 0 Å². The summed E-state index contributed by atoms with van der Waals surface area (Å²) in [6.45, 7) is 2.48. The highest BCUT2D eigenvalue weighted by atomic mass is 16.5. The van der Waals surface area contributed by atoms with E-state index in [4.69, 9.17) is 10.5 Å². The molecular weight excluding hydrogens is 228 g/mol. The van der Waals surface area contributed by atoms with Gasteiger partial charge in [0.2, 0.25) is 0 Å². The monoisotopic (exact) mass is 246 g/mol. The van der Waals surface area contributed by atoms with Crippen LogP contribution in [0.4, 0.5) is 0 Å². The molecule has 0 fully saturated rings. The summed E-state index contributed by atoms with van der Waals surface area (Å²) >= 11 is 0. The van der Waals surface area contributed by atoms with Crippen molar-refractivity contribution in [2.24, 2.45) is 12.8 Å². The molecular formula is C13H18N4O. The first-order valence-corrected chi connectivity index (χ1v) is 6.02. The minimum Gasteiger partial charge on any atom is -0.486 e. The molecule has 0 amide bonds. The third-order valence-electron chi connectivity index (χ3n) is 2.92. The van der Waals surface area contributed by atoms with Crippen molar-refractivity contribution in [3.05, 3.63) is 42.0 Å². The fourth-order valence-electron chi connectivity index (χ4n) is 1.63. The van der Waals surface area contributed by atoms with E-state index in [1.54, 1.807) is 6.33 Å². The van der Waals surface area contributed by atoms with Crippen molar-refractivity contribution in [1.29, 1.82) is 0 Å². The lowest BCUT2D eigenvalue weighted by molar-refractivity contribution is 0.291. The van der Waals surface area contributed by atoms with E-state index in [2.05, 4.69) is 17.1 Å². The summed E-state index contributed by atoms with van der Waals surface area (Å²) in [5.74, 6) is 1.61. The van der Waals surface area contributed by atoms with Crippen LogP contribution in [0.15, 0.2) is 30.6 Å². The fourth-order valence-corrected chi connectivity index (χ4v) is 1.63. The molecule has 2 N–H and O–H groups in total. The molecule has 5 nitrogen and oxygen atoms in total. The number of nitrogens with zero attached hydrogens (tertiary/aromatic N) is 3. The Morgan fingerprint density at radius 3 is 2.61 bits per heavy atom. The van der Waals surface area contributed by atoms with Crippen LogP contribution in [0.1, 0.15) is 30.8 Å². The van der Waals surface area contributed by atoms with Gasteiger partial charge in [-0.05, 0) is 24.1 Å². The van der Waals surface area contributed by atoms with Gasteiger partial charge in [0.15, 0.2) is 5.82 Å². The molecule has 2 rings (SSSR count). The topological polar surface area (TPSA) is 66.0 Å². The summed E-state index contributed by atoms with van der Waals surface area (Å²) < 4.78 is 7.47. The minimum atomic E-state index is 0.0952. The highest BCUT2D eigenvalue weighted by Crippen LogP contribution is 2.18. The molecule has 0 saturated heterocycles. The number of benzene rings is 1. The lowest BCUT2D eigenvalue weighted by Crippen LogP contribution is -2.08. The molecule has 0 aliphatic rings. The van der Waals surface area contributed by atoms with Gasteiger partial charge in [-0.2, -0.15) is 0 Å². The van der Waals surface area contributed by atoms with Crippen molar-refractivity contribution in [3.8, 4) is 5.75 Å². The summed E-state index contributed by atoms with van der Waals surface area (Å²) in [7, 11) is 1.89. The predicted octanol–water partition coefficient (Wildman–Crippen LogP) is 1.80. The van der Waals surface area contributed by atoms with Gasteiger partial charge >= 0.3 is 0 Å². The maximum absolute atomic E-state index is 5.95. The third-order valence-corrected chi connectivity index (χ3v) is 2.92. The number of hydrogen-bond donors (Lipinski definition) is 1. The number of ether oxygens (including phenoxy) is 1. The van der Waals surface area contributed by atoms with Crippen molar-refractivity contribution in [2.45, 2.75) is 26.0 Å². The summed E-state index contributed by atoms with van der Waals surface area (Å²) in [4.78, 5) is 0. The SMILES string of the molecule is CC[C@H](N)c1ccc(OCc2nncn2C)cc1. The molecule has 1 aromatic heterocycles. The Morgan fingerprint density at radius 1 is 1.33 bits per heavy atom. The van der Waals surface area contributed by atoms with Gasteiger partial charge in [0.25, 0.3) is 0 Å². The van der Waals surface area contributed by atoms with Crippen LogP contribution in [-0.2, 0) is 13.7 Å². The average molecular weight is 246 g/mol. The van der Waals surface area contributed by atoms with Crippen LogP contribution in [0, 0.1) is 0 Å². The lowest BCUT2D eigenvalue weighted by atomic mass is 10.1. The first-order chi connectivity index (χ1) is 8.70. The number of aromatic nitrogens is 3. The molecule has 1 heterocycles. The summed E-state index contributed by atoms with van der Waals surface area (Å²) in [6, 6.07) is 7.96. The highest BCUT2D eigenvalue weighted by molar-refractivity contribution is 5.29. The van der Waals surface area contributed by atoms with Crippen molar-refractivity contribution in [3.63, 3.8) is 0 Å². The second kappa shape index (κ2) is 5.64. The van der Waals surface area contributed by atoms with Gasteiger partial charge in [-0.3, -0.25) is 0 Å². The summed E-state index contributed by atoms with van der Waals surface area (Å²) in [5, 5.41) is 7.76. The maximum Gasteiger partial charge on any atom is 0.170 e. The number of nitrogens with two attached hydrogens (primary N) is 1. The Bertz CT molecular complexity index is 492. The van der Waals surface area contributed by atoms with Crippen LogP contribution < -0.4 is 10.5 Å². The van der Waals surface area contributed by atoms with Gasteiger partial charge in [-0.25, -0.2) is 0 Å². The van der Waals surface area contributed by atoms with Gasteiger partial charge < -0.3 is 15.0 Å². The van der Waals surface area contributed by atoms with Gasteiger partial charge in [0, 0.05) is 13.1 Å². The highest BCUT2D eigenvalue weighted by Gasteiger charge is 2.04. The normalized spacial score (nSPS) is 12.4. The largest absolute Gasteiger partial charge is 0.486 e. The van der Waals surface area contributed by atoms with E-state index in [9.17, 15) is 0 Å². The Kier molecular flexibility index (Phi) is 3.94. The zero-order valence-electron chi connectivity index (χ0n) is 10.7. The Hall–Kier alpha value is -1.88. The van der Waals surface area contributed by atoms with E-state index in [1.807, 2.05) is 35.9 Å². The van der Waals surface area contributed by atoms with Crippen molar-refractivity contribution >= 4 is 0 Å². The Balaban J connectivity index is 1.96. The zero-order chi connectivity index (χ0) is 13.0. The molecule has 5 heteroatoms. The van der Waals surface area contributed by atoms with E-state index in [-0.39, 0.29) is 6.04 Å². The molecule has 0 bridgehead atoms. The van der Waals surface area contributed by atoms with E-state index in [0.717, 1.165) is 23.6 Å². The van der Waals surface area contributed by atoms with Gasteiger partial charge in [0.05, 0.1) is 0 Å². The zero-order valence-corrected chi connectivity index (χ0v) is 10.7. The molecule has 2 aromatic rings. The molecule has 96 valence electrons. The lowest BCUT2D eigenvalue weighted by Gasteiger charge is -2.10. The van der Waals surface area contributed by atoms with Gasteiger partial charge in [0.1, 0.15) is 18.7 Å². The molecule has 1 atom stereocenters. The predicted molar refractivity (Wildman–Crippen MR) is 69.0 cm³/mol. The number of rotatable bonds is 5. The number of aryl methyl sites for hydroxylation is 1. The van der Waals surface area contributed by atoms with E-state index in [1.165, 1.54) is 0 Å². The quantitative estimate of drug-likeness (QED) is 0.873. The second-order valence-corrected chi connectivity index (χ2v) is 4.23. The molecule has 0 radical (unpaired) electrons. The standard InChI is InChI=1S/C13H18N4O/c1-3-12(14)10-4-6-11(7-5-10)18-8-13-16-15-9-17(13)2/h4-7,9,12H,3,8,14H2,1-2H3/t12-/m0/s1. The first kappa shape index (κ1) is 12.6. The van der Waals surface area contributed by atoms with E-state index in [0.29, 0.717) is 6.61 Å². The maximum atomic E-state index is 5.95. The molecule has 0 saturated carbocycles. The molecule has 0 aliphatic carbocycles. The Morgan fingerprint density at radius 2 is 2.06 bits per heavy atom. The fraction of sp³-hybridized carbons (Fsp3) is 0.385. The molecule has 18 heavy (non-hydrogen) atoms. The van der Waals surface area contributed by atoms with Crippen LogP contribution in [0.3, 0.4) is 0 Å². The van der Waals surface area contributed by atoms with Crippen LogP contribution in [0.5, 0.6) is 5.75 Å². The second-order valence-electron chi connectivity index (χ2n) is 4.23. The minimum absolute atomic E-state index is 0.0952. The van der Waals surface area contributed by atoms with Crippen molar-refractivity contribution < 1.29 is 4.74 Å². The Labute approximate surface area is 107 Å². The van der Waals surface area contributed by atoms with Crippen molar-refractivity contribution in [1.82, 2.24) is 14.8 Å². The molecule has 0 unspecified atom stereocenters. The van der Waals surface area contributed by atoms with Crippen LogP contribution in [0.2, 0.25) is 0 Å². The molecule has 1 aromatic carbocycles. The molecule has 0 aliphatic heterocycles. The van der Waals surface area contributed by atoms with Crippen LogP contribution >= 0.6 is 0 Å². The summed E-state index contributed by atoms with van der Waals surface area (Å²) in [5.41, 5.74) is 7.08. The third kappa shape index (κ3) is 2.87. The smallest absolute Gasteiger partial charge is 0.170 e.